The van der Waals surface area contributed by atoms with Crippen molar-refractivity contribution in [2.75, 3.05) is 0 Å². The van der Waals surface area contributed by atoms with E-state index in [4.69, 9.17) is 5.73 Å². The van der Waals surface area contributed by atoms with Gasteiger partial charge in [0.25, 0.3) is 0 Å². The minimum absolute atomic E-state index is 0.288. The Labute approximate surface area is 124 Å². The SMILES string of the molecule is NC(c1ccc(F)cc1Br)c1cccc2cccnc12. The molecule has 0 aliphatic carbocycles. The van der Waals surface area contributed by atoms with Crippen LogP contribution in [-0.4, -0.2) is 4.98 Å². The molecule has 0 amide bonds. The Morgan fingerprint density at radius 2 is 1.85 bits per heavy atom. The number of nitrogens with zero attached hydrogens (tertiary/aromatic N) is 1. The van der Waals surface area contributed by atoms with Crippen molar-refractivity contribution in [2.24, 2.45) is 5.73 Å². The molecule has 1 aromatic heterocycles. The summed E-state index contributed by atoms with van der Waals surface area (Å²) in [7, 11) is 0. The number of pyridine rings is 1. The van der Waals surface area contributed by atoms with Gasteiger partial charge in [0.2, 0.25) is 0 Å². The van der Waals surface area contributed by atoms with E-state index in [1.807, 2.05) is 30.3 Å². The van der Waals surface area contributed by atoms with E-state index in [1.54, 1.807) is 12.3 Å². The number of rotatable bonds is 2. The van der Waals surface area contributed by atoms with Crippen LogP contribution in [0.25, 0.3) is 10.9 Å². The zero-order valence-corrected chi connectivity index (χ0v) is 12.1. The van der Waals surface area contributed by atoms with E-state index in [2.05, 4.69) is 20.9 Å². The minimum atomic E-state index is -0.358. The van der Waals surface area contributed by atoms with Gasteiger partial charge in [0.05, 0.1) is 11.6 Å². The van der Waals surface area contributed by atoms with E-state index in [-0.39, 0.29) is 11.9 Å². The molecule has 0 spiro atoms. The molecule has 0 fully saturated rings. The number of benzene rings is 2. The van der Waals surface area contributed by atoms with Gasteiger partial charge >= 0.3 is 0 Å². The number of aromatic nitrogens is 1. The van der Waals surface area contributed by atoms with Gasteiger partial charge in [0, 0.05) is 16.1 Å². The Hall–Kier alpha value is -1.78. The van der Waals surface area contributed by atoms with Crippen LogP contribution in [0.2, 0.25) is 0 Å². The first kappa shape index (κ1) is 13.2. The Kier molecular flexibility index (Phi) is 3.51. The smallest absolute Gasteiger partial charge is 0.124 e. The molecule has 0 aliphatic heterocycles. The zero-order chi connectivity index (χ0) is 14.1. The molecule has 3 aromatic rings. The van der Waals surface area contributed by atoms with Gasteiger partial charge in [0.15, 0.2) is 0 Å². The molecule has 0 radical (unpaired) electrons. The lowest BCUT2D eigenvalue weighted by Crippen LogP contribution is -2.13. The van der Waals surface area contributed by atoms with Crippen LogP contribution >= 0.6 is 15.9 Å². The molecule has 20 heavy (non-hydrogen) atoms. The summed E-state index contributed by atoms with van der Waals surface area (Å²) in [5.74, 6) is -0.288. The second kappa shape index (κ2) is 5.31. The van der Waals surface area contributed by atoms with Crippen molar-refractivity contribution in [3.05, 3.63) is 76.1 Å². The zero-order valence-electron chi connectivity index (χ0n) is 10.6. The van der Waals surface area contributed by atoms with Gasteiger partial charge < -0.3 is 5.73 Å². The van der Waals surface area contributed by atoms with Gasteiger partial charge in [-0.1, -0.05) is 46.3 Å². The molecule has 2 N–H and O–H groups in total. The van der Waals surface area contributed by atoms with Crippen molar-refractivity contribution in [3.8, 4) is 0 Å². The molecule has 3 rings (SSSR count). The summed E-state index contributed by atoms with van der Waals surface area (Å²) in [4.78, 5) is 4.41. The largest absolute Gasteiger partial charge is 0.320 e. The molecule has 4 heteroatoms. The summed E-state index contributed by atoms with van der Waals surface area (Å²) in [6.45, 7) is 0. The van der Waals surface area contributed by atoms with Crippen LogP contribution in [0, 0.1) is 5.82 Å². The maximum atomic E-state index is 13.2. The van der Waals surface area contributed by atoms with Crippen LogP contribution in [-0.2, 0) is 0 Å². The lowest BCUT2D eigenvalue weighted by Gasteiger charge is -2.16. The molecule has 1 atom stereocenters. The van der Waals surface area contributed by atoms with Crippen LogP contribution in [0.4, 0.5) is 4.39 Å². The molecular weight excluding hydrogens is 319 g/mol. The second-order valence-corrected chi connectivity index (χ2v) is 5.42. The molecule has 0 saturated carbocycles. The van der Waals surface area contributed by atoms with Crippen LogP contribution in [0.15, 0.2) is 59.2 Å². The monoisotopic (exact) mass is 330 g/mol. The van der Waals surface area contributed by atoms with Gasteiger partial charge in [-0.25, -0.2) is 4.39 Å². The average molecular weight is 331 g/mol. The predicted molar refractivity (Wildman–Crippen MR) is 81.9 cm³/mol. The van der Waals surface area contributed by atoms with Gasteiger partial charge in [-0.05, 0) is 29.3 Å². The van der Waals surface area contributed by atoms with E-state index in [1.165, 1.54) is 12.1 Å². The van der Waals surface area contributed by atoms with E-state index in [0.717, 1.165) is 22.0 Å². The third kappa shape index (κ3) is 2.32. The van der Waals surface area contributed by atoms with Crippen LogP contribution < -0.4 is 5.73 Å². The van der Waals surface area contributed by atoms with E-state index >= 15 is 0 Å². The molecule has 0 aliphatic rings. The Bertz CT molecular complexity index is 768. The average Bonchev–Trinajstić information content (AvgIpc) is 2.46. The minimum Gasteiger partial charge on any atom is -0.320 e. The molecule has 2 aromatic carbocycles. The topological polar surface area (TPSA) is 38.9 Å². The standard InChI is InChI=1S/C16H12BrFN2/c17-14-9-11(18)6-7-12(14)15(19)13-5-1-3-10-4-2-8-20-16(10)13/h1-9,15H,19H2. The molecular formula is C16H12BrFN2. The summed E-state index contributed by atoms with van der Waals surface area (Å²) in [6, 6.07) is 14.0. The molecule has 1 heterocycles. The number of nitrogens with two attached hydrogens (primary N) is 1. The van der Waals surface area contributed by atoms with Crippen molar-refractivity contribution in [3.63, 3.8) is 0 Å². The van der Waals surface area contributed by atoms with Crippen molar-refractivity contribution < 1.29 is 4.39 Å². The Balaban J connectivity index is 2.15. The van der Waals surface area contributed by atoms with Crippen LogP contribution in [0.1, 0.15) is 17.2 Å². The number of hydrogen-bond donors (Lipinski definition) is 1. The molecule has 2 nitrogen and oxygen atoms in total. The van der Waals surface area contributed by atoms with Gasteiger partial charge in [-0.15, -0.1) is 0 Å². The summed E-state index contributed by atoms with van der Waals surface area (Å²) in [6.07, 6.45) is 1.75. The quantitative estimate of drug-likeness (QED) is 0.765. The molecule has 1 unspecified atom stereocenters. The van der Waals surface area contributed by atoms with Crippen molar-refractivity contribution in [2.45, 2.75) is 6.04 Å². The summed E-state index contributed by atoms with van der Waals surface area (Å²) in [5, 5.41) is 1.04. The number of fused-ring (bicyclic) bond motifs is 1. The number of hydrogen-bond acceptors (Lipinski definition) is 2. The highest BCUT2D eigenvalue weighted by molar-refractivity contribution is 9.10. The van der Waals surface area contributed by atoms with Crippen LogP contribution in [0.5, 0.6) is 0 Å². The fraction of sp³-hybridized carbons (Fsp3) is 0.0625. The van der Waals surface area contributed by atoms with Crippen molar-refractivity contribution in [1.29, 1.82) is 0 Å². The lowest BCUT2D eigenvalue weighted by molar-refractivity contribution is 0.625. The fourth-order valence-electron chi connectivity index (χ4n) is 2.30. The summed E-state index contributed by atoms with van der Waals surface area (Å²) < 4.78 is 13.8. The Morgan fingerprint density at radius 3 is 2.65 bits per heavy atom. The van der Waals surface area contributed by atoms with E-state index < -0.39 is 0 Å². The maximum Gasteiger partial charge on any atom is 0.124 e. The van der Waals surface area contributed by atoms with Crippen LogP contribution in [0.3, 0.4) is 0 Å². The molecule has 0 bridgehead atoms. The first-order chi connectivity index (χ1) is 9.66. The number of halogens is 2. The van der Waals surface area contributed by atoms with Gasteiger partial charge in [0.1, 0.15) is 5.82 Å². The summed E-state index contributed by atoms with van der Waals surface area (Å²) in [5.41, 5.74) is 8.98. The normalized spacial score (nSPS) is 12.6. The molecule has 100 valence electrons. The highest BCUT2D eigenvalue weighted by Crippen LogP contribution is 2.30. The Morgan fingerprint density at radius 1 is 1.05 bits per heavy atom. The fourth-order valence-corrected chi connectivity index (χ4v) is 2.90. The van der Waals surface area contributed by atoms with Crippen molar-refractivity contribution in [1.82, 2.24) is 4.98 Å². The van der Waals surface area contributed by atoms with E-state index in [0.29, 0.717) is 4.47 Å². The third-order valence-corrected chi connectivity index (χ3v) is 3.98. The lowest BCUT2D eigenvalue weighted by atomic mass is 9.97. The third-order valence-electron chi connectivity index (χ3n) is 3.30. The van der Waals surface area contributed by atoms with E-state index in [9.17, 15) is 4.39 Å². The highest BCUT2D eigenvalue weighted by atomic mass is 79.9. The second-order valence-electron chi connectivity index (χ2n) is 4.57. The van der Waals surface area contributed by atoms with Gasteiger partial charge in [-0.2, -0.15) is 0 Å². The first-order valence-corrected chi connectivity index (χ1v) is 7.00. The van der Waals surface area contributed by atoms with Crippen molar-refractivity contribution >= 4 is 26.8 Å². The highest BCUT2D eigenvalue weighted by Gasteiger charge is 2.15. The first-order valence-electron chi connectivity index (χ1n) is 6.21. The maximum absolute atomic E-state index is 13.2. The predicted octanol–water partition coefficient (Wildman–Crippen LogP) is 4.18. The summed E-state index contributed by atoms with van der Waals surface area (Å²) >= 11 is 3.37. The number of para-hydroxylation sites is 1. The molecule has 0 saturated heterocycles. The van der Waals surface area contributed by atoms with Gasteiger partial charge in [-0.3, -0.25) is 4.98 Å².